The Morgan fingerprint density at radius 1 is 0.900 bits per heavy atom. The summed E-state index contributed by atoms with van der Waals surface area (Å²) >= 11 is 0. The van der Waals surface area contributed by atoms with Crippen molar-refractivity contribution in [3.8, 4) is 11.5 Å². The summed E-state index contributed by atoms with van der Waals surface area (Å²) in [5.41, 5.74) is 4.43. The van der Waals surface area contributed by atoms with Crippen LogP contribution in [0.3, 0.4) is 0 Å². The second kappa shape index (κ2) is 10.4. The summed E-state index contributed by atoms with van der Waals surface area (Å²) < 4.78 is 10.5. The molecule has 7 heteroatoms. The highest BCUT2D eigenvalue weighted by molar-refractivity contribution is 5.95. The molecule has 2 amide bonds. The number of carbonyl (C=O) groups is 2. The molecule has 0 aliphatic carbocycles. The Bertz CT molecular complexity index is 1000. The van der Waals surface area contributed by atoms with Gasteiger partial charge in [-0.2, -0.15) is 5.10 Å². The first-order valence-corrected chi connectivity index (χ1v) is 9.19. The maximum absolute atomic E-state index is 12.0. The van der Waals surface area contributed by atoms with Crippen molar-refractivity contribution in [2.45, 2.75) is 0 Å². The number of carbonyl (C=O) groups excluding carboxylic acids is 2. The number of hydrazone groups is 1. The molecule has 0 radical (unpaired) electrons. The molecular formula is C23H21N3O4. The highest BCUT2D eigenvalue weighted by atomic mass is 16.5. The zero-order chi connectivity index (χ0) is 21.2. The molecule has 3 aromatic carbocycles. The number of anilines is 1. The third kappa shape index (κ3) is 6.20. The summed E-state index contributed by atoms with van der Waals surface area (Å²) in [7, 11) is 1.56. The molecule has 0 atom stereocenters. The van der Waals surface area contributed by atoms with Gasteiger partial charge in [0.2, 0.25) is 0 Å². The van der Waals surface area contributed by atoms with Gasteiger partial charge in [0.15, 0.2) is 6.61 Å². The van der Waals surface area contributed by atoms with E-state index in [1.807, 2.05) is 18.2 Å². The molecule has 152 valence electrons. The third-order valence-electron chi connectivity index (χ3n) is 4.04. The molecule has 0 heterocycles. The quantitative estimate of drug-likeness (QED) is 0.445. The van der Waals surface area contributed by atoms with Gasteiger partial charge in [0.25, 0.3) is 11.8 Å². The third-order valence-corrected chi connectivity index (χ3v) is 4.04. The molecule has 30 heavy (non-hydrogen) atoms. The van der Waals surface area contributed by atoms with Gasteiger partial charge >= 0.3 is 0 Å². The zero-order valence-corrected chi connectivity index (χ0v) is 16.4. The Hall–Kier alpha value is -4.13. The van der Waals surface area contributed by atoms with Gasteiger partial charge in [-0.15, -0.1) is 0 Å². The van der Waals surface area contributed by atoms with Crippen LogP contribution in [0.25, 0.3) is 0 Å². The number of hydrogen-bond donors (Lipinski definition) is 2. The highest BCUT2D eigenvalue weighted by Gasteiger charge is 2.05. The molecule has 0 saturated heterocycles. The Balaban J connectivity index is 1.45. The van der Waals surface area contributed by atoms with Gasteiger partial charge in [-0.05, 0) is 66.2 Å². The monoisotopic (exact) mass is 403 g/mol. The average Bonchev–Trinajstić information content (AvgIpc) is 2.79. The number of benzene rings is 3. The van der Waals surface area contributed by atoms with Gasteiger partial charge in [-0.1, -0.05) is 18.2 Å². The summed E-state index contributed by atoms with van der Waals surface area (Å²) in [5, 5.41) is 6.70. The van der Waals surface area contributed by atoms with Crippen molar-refractivity contribution in [3.05, 3.63) is 90.0 Å². The van der Waals surface area contributed by atoms with E-state index in [0.717, 1.165) is 5.56 Å². The number of ether oxygens (including phenoxy) is 2. The van der Waals surface area contributed by atoms with Crippen LogP contribution in [-0.2, 0) is 4.79 Å². The summed E-state index contributed by atoms with van der Waals surface area (Å²) in [6, 6.07) is 22.9. The predicted octanol–water partition coefficient (Wildman–Crippen LogP) is 3.48. The van der Waals surface area contributed by atoms with Crippen LogP contribution in [0.2, 0.25) is 0 Å². The molecule has 0 fully saturated rings. The molecular weight excluding hydrogens is 382 g/mol. The molecule has 0 aliphatic rings. The average molecular weight is 403 g/mol. The van der Waals surface area contributed by atoms with Crippen LogP contribution in [0.4, 0.5) is 5.69 Å². The lowest BCUT2D eigenvalue weighted by Gasteiger charge is -2.07. The van der Waals surface area contributed by atoms with Gasteiger partial charge in [0.1, 0.15) is 11.5 Å². The SMILES string of the molecule is COc1ccc(C(=O)N/N=C/c2ccc(OCC(=O)Nc3ccccc3)cc2)cc1. The van der Waals surface area contributed by atoms with E-state index >= 15 is 0 Å². The molecule has 3 rings (SSSR count). The summed E-state index contributed by atoms with van der Waals surface area (Å²) in [6.07, 6.45) is 1.52. The summed E-state index contributed by atoms with van der Waals surface area (Å²) in [6.45, 7) is -0.0970. The van der Waals surface area contributed by atoms with Crippen LogP contribution in [0.1, 0.15) is 15.9 Å². The van der Waals surface area contributed by atoms with Gasteiger partial charge < -0.3 is 14.8 Å². The van der Waals surface area contributed by atoms with Gasteiger partial charge in [-0.3, -0.25) is 9.59 Å². The molecule has 0 aromatic heterocycles. The maximum atomic E-state index is 12.0. The number of nitrogens with one attached hydrogen (secondary N) is 2. The van der Waals surface area contributed by atoms with Crippen molar-refractivity contribution in [1.29, 1.82) is 0 Å². The van der Waals surface area contributed by atoms with E-state index in [-0.39, 0.29) is 18.4 Å². The molecule has 3 aromatic rings. The fourth-order valence-electron chi connectivity index (χ4n) is 2.49. The maximum Gasteiger partial charge on any atom is 0.271 e. The summed E-state index contributed by atoms with van der Waals surface area (Å²) in [5.74, 6) is 0.666. The standard InChI is InChI=1S/C23H21N3O4/c1-29-20-13-9-18(10-14-20)23(28)26-24-15-17-7-11-21(12-8-17)30-16-22(27)25-19-5-3-2-4-6-19/h2-15H,16H2,1H3,(H,25,27)(H,26,28)/b24-15+. The summed E-state index contributed by atoms with van der Waals surface area (Å²) in [4.78, 5) is 24.0. The number of amides is 2. The van der Waals surface area contributed by atoms with E-state index < -0.39 is 0 Å². The molecule has 2 N–H and O–H groups in total. The molecule has 0 unspecified atom stereocenters. The lowest BCUT2D eigenvalue weighted by Crippen LogP contribution is -2.20. The van der Waals surface area contributed by atoms with Gasteiger partial charge in [-0.25, -0.2) is 5.43 Å². The smallest absolute Gasteiger partial charge is 0.271 e. The minimum atomic E-state index is -0.321. The van der Waals surface area contributed by atoms with E-state index in [2.05, 4.69) is 15.8 Å². The van der Waals surface area contributed by atoms with Crippen molar-refractivity contribution in [1.82, 2.24) is 5.43 Å². The van der Waals surface area contributed by atoms with E-state index in [1.54, 1.807) is 67.8 Å². The largest absolute Gasteiger partial charge is 0.497 e. The van der Waals surface area contributed by atoms with Crippen molar-refractivity contribution < 1.29 is 19.1 Å². The molecule has 0 spiro atoms. The normalized spacial score (nSPS) is 10.4. The van der Waals surface area contributed by atoms with Crippen LogP contribution >= 0.6 is 0 Å². The Kier molecular flexibility index (Phi) is 7.16. The second-order valence-electron chi connectivity index (χ2n) is 6.20. The lowest BCUT2D eigenvalue weighted by atomic mass is 10.2. The van der Waals surface area contributed by atoms with Crippen molar-refractivity contribution in [3.63, 3.8) is 0 Å². The zero-order valence-electron chi connectivity index (χ0n) is 16.4. The van der Waals surface area contributed by atoms with Crippen molar-refractivity contribution in [2.24, 2.45) is 5.10 Å². The molecule has 0 bridgehead atoms. The van der Waals surface area contributed by atoms with Gasteiger partial charge in [0.05, 0.1) is 13.3 Å². The number of hydrogen-bond acceptors (Lipinski definition) is 5. The number of para-hydroxylation sites is 1. The van der Waals surface area contributed by atoms with Gasteiger partial charge in [0, 0.05) is 11.3 Å². The Morgan fingerprint density at radius 3 is 2.23 bits per heavy atom. The first kappa shape index (κ1) is 20.6. The van der Waals surface area contributed by atoms with Crippen molar-refractivity contribution in [2.75, 3.05) is 19.0 Å². The fourth-order valence-corrected chi connectivity index (χ4v) is 2.49. The first-order valence-electron chi connectivity index (χ1n) is 9.19. The van der Waals surface area contributed by atoms with E-state index in [4.69, 9.17) is 9.47 Å². The minimum absolute atomic E-state index is 0.0970. The van der Waals surface area contributed by atoms with Crippen molar-refractivity contribution >= 4 is 23.7 Å². The number of nitrogens with zero attached hydrogens (tertiary/aromatic N) is 1. The second-order valence-corrected chi connectivity index (χ2v) is 6.20. The fraction of sp³-hybridized carbons (Fsp3) is 0.0870. The highest BCUT2D eigenvalue weighted by Crippen LogP contribution is 2.12. The van der Waals surface area contributed by atoms with Crippen LogP contribution in [0, 0.1) is 0 Å². The first-order chi connectivity index (χ1) is 14.6. The van der Waals surface area contributed by atoms with E-state index in [9.17, 15) is 9.59 Å². The predicted molar refractivity (Wildman–Crippen MR) is 115 cm³/mol. The van der Waals surface area contributed by atoms with E-state index in [1.165, 1.54) is 6.21 Å². The topological polar surface area (TPSA) is 89.0 Å². The lowest BCUT2D eigenvalue weighted by molar-refractivity contribution is -0.118. The number of rotatable bonds is 8. The Labute approximate surface area is 174 Å². The van der Waals surface area contributed by atoms with Crippen LogP contribution in [-0.4, -0.2) is 31.7 Å². The Morgan fingerprint density at radius 2 is 1.57 bits per heavy atom. The minimum Gasteiger partial charge on any atom is -0.497 e. The molecule has 7 nitrogen and oxygen atoms in total. The van der Waals surface area contributed by atoms with Crippen LogP contribution < -0.4 is 20.2 Å². The van der Waals surface area contributed by atoms with Crippen LogP contribution in [0.15, 0.2) is 84.0 Å². The van der Waals surface area contributed by atoms with Crippen LogP contribution in [0.5, 0.6) is 11.5 Å². The molecule has 0 aliphatic heterocycles. The number of methoxy groups -OCH3 is 1. The molecule has 0 saturated carbocycles. The van der Waals surface area contributed by atoms with E-state index in [0.29, 0.717) is 22.7 Å².